The standard InChI is InChI=1S/C16H21N5O3S/c22-11-21(13-10-24-9-8-19-13)16-5-4-15(25-16)20-14(23)3-1-2-12-17-6-7-18-12/h4-7,11,13,19H,1-3,8-10H2,(H,17,18)(H,20,23). The van der Waals surface area contributed by atoms with Crippen molar-refractivity contribution in [3.63, 3.8) is 0 Å². The third-order valence-electron chi connectivity index (χ3n) is 3.83. The molecule has 0 spiro atoms. The van der Waals surface area contributed by atoms with E-state index in [0.29, 0.717) is 26.2 Å². The lowest BCUT2D eigenvalue weighted by molar-refractivity contribution is -0.116. The zero-order valence-electron chi connectivity index (χ0n) is 13.7. The first-order valence-corrected chi connectivity index (χ1v) is 9.00. The van der Waals surface area contributed by atoms with Gasteiger partial charge in [-0.15, -0.1) is 11.3 Å². The Hall–Kier alpha value is -2.23. The zero-order chi connectivity index (χ0) is 17.5. The molecule has 0 saturated carbocycles. The number of morpholine rings is 1. The van der Waals surface area contributed by atoms with Gasteiger partial charge < -0.3 is 15.0 Å². The van der Waals surface area contributed by atoms with Crippen molar-refractivity contribution in [2.24, 2.45) is 0 Å². The predicted molar refractivity (Wildman–Crippen MR) is 95.6 cm³/mol. The minimum absolute atomic E-state index is 0.0447. The highest BCUT2D eigenvalue weighted by molar-refractivity contribution is 7.20. The number of aromatic amines is 1. The lowest BCUT2D eigenvalue weighted by Crippen LogP contribution is -2.52. The van der Waals surface area contributed by atoms with E-state index in [1.165, 1.54) is 11.3 Å². The molecule has 3 heterocycles. The number of aryl methyl sites for hydroxylation is 1. The van der Waals surface area contributed by atoms with Gasteiger partial charge >= 0.3 is 0 Å². The fraction of sp³-hybridized carbons (Fsp3) is 0.438. The van der Waals surface area contributed by atoms with Crippen molar-refractivity contribution < 1.29 is 14.3 Å². The number of nitrogens with one attached hydrogen (secondary N) is 3. The number of imidazole rings is 1. The van der Waals surface area contributed by atoms with E-state index < -0.39 is 0 Å². The second-order valence-electron chi connectivity index (χ2n) is 5.63. The van der Waals surface area contributed by atoms with Crippen LogP contribution in [0.1, 0.15) is 18.7 Å². The van der Waals surface area contributed by atoms with Gasteiger partial charge in [0.25, 0.3) is 0 Å². The Morgan fingerprint density at radius 2 is 2.44 bits per heavy atom. The number of anilines is 2. The van der Waals surface area contributed by atoms with E-state index in [0.717, 1.165) is 35.1 Å². The lowest BCUT2D eigenvalue weighted by atomic mass is 10.2. The molecule has 25 heavy (non-hydrogen) atoms. The average Bonchev–Trinajstić information content (AvgIpc) is 3.29. The molecule has 1 fully saturated rings. The summed E-state index contributed by atoms with van der Waals surface area (Å²) in [7, 11) is 0. The van der Waals surface area contributed by atoms with E-state index in [1.54, 1.807) is 17.3 Å². The van der Waals surface area contributed by atoms with E-state index in [4.69, 9.17) is 4.74 Å². The molecule has 2 aromatic rings. The van der Waals surface area contributed by atoms with Crippen molar-refractivity contribution in [3.8, 4) is 0 Å². The highest BCUT2D eigenvalue weighted by atomic mass is 32.1. The summed E-state index contributed by atoms with van der Waals surface area (Å²) in [4.78, 5) is 32.2. The molecule has 1 saturated heterocycles. The van der Waals surface area contributed by atoms with Gasteiger partial charge in [-0.25, -0.2) is 4.98 Å². The molecule has 1 aliphatic heterocycles. The third-order valence-corrected chi connectivity index (χ3v) is 4.85. The molecule has 9 heteroatoms. The van der Waals surface area contributed by atoms with Crippen LogP contribution < -0.4 is 15.5 Å². The first-order valence-electron chi connectivity index (χ1n) is 8.19. The van der Waals surface area contributed by atoms with Crippen LogP contribution in [-0.4, -0.2) is 48.2 Å². The molecule has 1 unspecified atom stereocenters. The molecule has 3 N–H and O–H groups in total. The lowest BCUT2D eigenvalue weighted by Gasteiger charge is -2.31. The Kier molecular flexibility index (Phi) is 6.15. The molecule has 8 nitrogen and oxygen atoms in total. The molecule has 1 aliphatic rings. The Morgan fingerprint density at radius 1 is 1.52 bits per heavy atom. The molecular weight excluding hydrogens is 342 g/mol. The zero-order valence-corrected chi connectivity index (χ0v) is 14.6. The molecule has 2 aromatic heterocycles. The number of nitrogens with zero attached hydrogens (tertiary/aromatic N) is 2. The fourth-order valence-electron chi connectivity index (χ4n) is 2.59. The van der Waals surface area contributed by atoms with Crippen LogP contribution in [0.15, 0.2) is 24.5 Å². The maximum absolute atomic E-state index is 12.0. The van der Waals surface area contributed by atoms with Crippen LogP contribution in [0.5, 0.6) is 0 Å². The van der Waals surface area contributed by atoms with Crippen molar-refractivity contribution in [1.29, 1.82) is 0 Å². The van der Waals surface area contributed by atoms with Gasteiger partial charge in [-0.3, -0.25) is 19.8 Å². The Bertz CT molecular complexity index is 682. The molecule has 1 atom stereocenters. The van der Waals surface area contributed by atoms with Crippen LogP contribution in [-0.2, 0) is 20.7 Å². The monoisotopic (exact) mass is 363 g/mol. The number of carbonyl (C=O) groups excluding carboxylic acids is 2. The summed E-state index contributed by atoms with van der Waals surface area (Å²) in [5.41, 5.74) is 0. The van der Waals surface area contributed by atoms with Gasteiger partial charge in [-0.1, -0.05) is 0 Å². The molecule has 0 radical (unpaired) electrons. The number of ether oxygens (including phenoxy) is 1. The van der Waals surface area contributed by atoms with Crippen LogP contribution in [0, 0.1) is 0 Å². The number of rotatable bonds is 8. The Balaban J connectivity index is 1.49. The van der Waals surface area contributed by atoms with Gasteiger partial charge in [0, 0.05) is 31.8 Å². The van der Waals surface area contributed by atoms with Crippen LogP contribution >= 0.6 is 11.3 Å². The molecular formula is C16H21N5O3S. The molecule has 134 valence electrons. The van der Waals surface area contributed by atoms with Crippen LogP contribution in [0.25, 0.3) is 0 Å². The smallest absolute Gasteiger partial charge is 0.224 e. The van der Waals surface area contributed by atoms with Gasteiger partial charge in [0.05, 0.1) is 18.2 Å². The topological polar surface area (TPSA) is 99.4 Å². The molecule has 0 aromatic carbocycles. The number of thiophene rings is 1. The van der Waals surface area contributed by atoms with E-state index in [9.17, 15) is 9.59 Å². The Morgan fingerprint density at radius 3 is 3.16 bits per heavy atom. The number of carbonyl (C=O) groups is 2. The number of aromatic nitrogens is 2. The first-order chi connectivity index (χ1) is 12.3. The summed E-state index contributed by atoms with van der Waals surface area (Å²) in [5, 5.41) is 7.61. The second-order valence-corrected chi connectivity index (χ2v) is 6.70. The number of hydrogen-bond donors (Lipinski definition) is 3. The van der Waals surface area contributed by atoms with Gasteiger partial charge in [0.15, 0.2) is 0 Å². The quantitative estimate of drug-likeness (QED) is 0.615. The van der Waals surface area contributed by atoms with Crippen molar-refractivity contribution in [1.82, 2.24) is 15.3 Å². The molecule has 0 aliphatic carbocycles. The van der Waals surface area contributed by atoms with E-state index in [1.807, 2.05) is 12.1 Å². The van der Waals surface area contributed by atoms with Gasteiger partial charge in [-0.2, -0.15) is 0 Å². The highest BCUT2D eigenvalue weighted by Gasteiger charge is 2.22. The Labute approximate surface area is 149 Å². The number of hydrogen-bond acceptors (Lipinski definition) is 6. The highest BCUT2D eigenvalue weighted by Crippen LogP contribution is 2.30. The summed E-state index contributed by atoms with van der Waals surface area (Å²) in [5.74, 6) is 0.840. The summed E-state index contributed by atoms with van der Waals surface area (Å²) in [6.45, 7) is 1.80. The summed E-state index contributed by atoms with van der Waals surface area (Å²) in [6.07, 6.45) is 5.96. The summed E-state index contributed by atoms with van der Waals surface area (Å²) >= 11 is 1.37. The van der Waals surface area contributed by atoms with E-state index in [2.05, 4.69) is 20.6 Å². The maximum Gasteiger partial charge on any atom is 0.224 e. The summed E-state index contributed by atoms with van der Waals surface area (Å²) < 4.78 is 5.40. The fourth-order valence-corrected chi connectivity index (χ4v) is 3.53. The minimum atomic E-state index is -0.179. The van der Waals surface area contributed by atoms with Gasteiger partial charge in [-0.05, 0) is 18.6 Å². The first kappa shape index (κ1) is 17.6. The van der Waals surface area contributed by atoms with Crippen molar-refractivity contribution in [3.05, 3.63) is 30.4 Å². The number of amides is 2. The SMILES string of the molecule is O=CN(c1ccc(NC(=O)CCCc2ncc[nH]2)s1)C1COCCN1. The van der Waals surface area contributed by atoms with Gasteiger partial charge in [0.2, 0.25) is 12.3 Å². The van der Waals surface area contributed by atoms with Gasteiger partial charge in [0.1, 0.15) is 17.0 Å². The second kappa shape index (κ2) is 8.75. The molecule has 2 amide bonds. The predicted octanol–water partition coefficient (Wildman–Crippen LogP) is 1.34. The third kappa shape index (κ3) is 4.88. The van der Waals surface area contributed by atoms with E-state index >= 15 is 0 Å². The average molecular weight is 363 g/mol. The largest absolute Gasteiger partial charge is 0.377 e. The van der Waals surface area contributed by atoms with Crippen LogP contribution in [0.3, 0.4) is 0 Å². The van der Waals surface area contributed by atoms with Crippen LogP contribution in [0.4, 0.5) is 10.0 Å². The van der Waals surface area contributed by atoms with Crippen molar-refractivity contribution in [2.75, 3.05) is 30.0 Å². The van der Waals surface area contributed by atoms with E-state index in [-0.39, 0.29) is 12.1 Å². The maximum atomic E-state index is 12.0. The van der Waals surface area contributed by atoms with Crippen LogP contribution in [0.2, 0.25) is 0 Å². The molecule has 0 bridgehead atoms. The van der Waals surface area contributed by atoms with Crippen molar-refractivity contribution in [2.45, 2.75) is 25.4 Å². The number of H-pyrrole nitrogens is 1. The summed E-state index contributed by atoms with van der Waals surface area (Å²) in [6, 6.07) is 3.64. The molecule has 3 rings (SSSR count). The minimum Gasteiger partial charge on any atom is -0.377 e. The normalized spacial score (nSPS) is 17.2. The van der Waals surface area contributed by atoms with Crippen molar-refractivity contribution >= 4 is 33.7 Å².